The Bertz CT molecular complexity index is 513. The molecule has 1 heterocycles. The fraction of sp³-hybridized carbons (Fsp3) is 0.364. The number of nitrogens with zero attached hydrogens (tertiary/aromatic N) is 4. The first-order valence-corrected chi connectivity index (χ1v) is 5.25. The highest BCUT2D eigenvalue weighted by Gasteiger charge is 2.41. The van der Waals surface area contributed by atoms with E-state index in [1.54, 1.807) is 11.7 Å². The Balaban J connectivity index is 1.96. The lowest BCUT2D eigenvalue weighted by atomic mass is 10.1. The van der Waals surface area contributed by atoms with Gasteiger partial charge in [-0.05, 0) is 28.8 Å². The summed E-state index contributed by atoms with van der Waals surface area (Å²) in [5, 5.41) is 21.2. The van der Waals surface area contributed by atoms with Gasteiger partial charge in [0.15, 0.2) is 5.82 Å². The summed E-state index contributed by atoms with van der Waals surface area (Å²) in [4.78, 5) is 0. The summed E-state index contributed by atoms with van der Waals surface area (Å²) in [5.74, 6) is 0.731. The van der Waals surface area contributed by atoms with E-state index in [0.717, 1.165) is 29.8 Å². The molecule has 1 aliphatic carbocycles. The van der Waals surface area contributed by atoms with E-state index in [4.69, 9.17) is 0 Å². The van der Waals surface area contributed by atoms with Gasteiger partial charge in [-0.2, -0.15) is 0 Å². The molecule has 16 heavy (non-hydrogen) atoms. The van der Waals surface area contributed by atoms with Gasteiger partial charge in [-0.1, -0.05) is 24.3 Å². The van der Waals surface area contributed by atoms with Crippen LogP contribution in [0.15, 0.2) is 24.3 Å². The van der Waals surface area contributed by atoms with Crippen LogP contribution in [0.5, 0.6) is 0 Å². The highest BCUT2D eigenvalue weighted by molar-refractivity contribution is 5.55. The van der Waals surface area contributed by atoms with E-state index in [0.29, 0.717) is 0 Å². The van der Waals surface area contributed by atoms with Gasteiger partial charge in [-0.15, -0.1) is 5.10 Å². The van der Waals surface area contributed by atoms with Crippen LogP contribution in [0.25, 0.3) is 11.4 Å². The van der Waals surface area contributed by atoms with Gasteiger partial charge in [0.1, 0.15) is 0 Å². The lowest BCUT2D eigenvalue weighted by Gasteiger charge is -2.08. The maximum atomic E-state index is 9.93. The van der Waals surface area contributed by atoms with Crippen molar-refractivity contribution in [1.82, 2.24) is 20.2 Å². The van der Waals surface area contributed by atoms with Crippen LogP contribution in [0, 0.1) is 0 Å². The Morgan fingerprint density at radius 3 is 2.44 bits per heavy atom. The van der Waals surface area contributed by atoms with E-state index in [2.05, 4.69) is 15.5 Å². The first kappa shape index (κ1) is 9.47. The van der Waals surface area contributed by atoms with Crippen LogP contribution >= 0.6 is 0 Å². The molecule has 1 aromatic heterocycles. The molecule has 1 saturated carbocycles. The van der Waals surface area contributed by atoms with Crippen LogP contribution in [-0.4, -0.2) is 25.3 Å². The molecule has 1 N–H and O–H groups in total. The average Bonchev–Trinajstić information content (AvgIpc) is 2.90. The zero-order chi connectivity index (χ0) is 11.2. The number of aryl methyl sites for hydroxylation is 1. The fourth-order valence-corrected chi connectivity index (χ4v) is 1.81. The van der Waals surface area contributed by atoms with Crippen molar-refractivity contribution < 1.29 is 5.11 Å². The summed E-state index contributed by atoms with van der Waals surface area (Å²) in [6, 6.07) is 7.77. The van der Waals surface area contributed by atoms with E-state index >= 15 is 0 Å². The SMILES string of the molecule is Cn1nnnc1-c1ccc(C2(O)CC2)cc1. The van der Waals surface area contributed by atoms with E-state index in [1.807, 2.05) is 24.3 Å². The first-order valence-electron chi connectivity index (χ1n) is 5.25. The largest absolute Gasteiger partial charge is 0.385 e. The van der Waals surface area contributed by atoms with Gasteiger partial charge in [0.05, 0.1) is 5.60 Å². The van der Waals surface area contributed by atoms with E-state index in [1.165, 1.54) is 0 Å². The Hall–Kier alpha value is -1.75. The Kier molecular flexibility index (Phi) is 1.85. The van der Waals surface area contributed by atoms with Gasteiger partial charge >= 0.3 is 0 Å². The van der Waals surface area contributed by atoms with Gasteiger partial charge < -0.3 is 5.11 Å². The molecule has 0 atom stereocenters. The van der Waals surface area contributed by atoms with Crippen LogP contribution in [0.1, 0.15) is 18.4 Å². The lowest BCUT2D eigenvalue weighted by molar-refractivity contribution is 0.151. The van der Waals surface area contributed by atoms with Crippen LogP contribution in [0.3, 0.4) is 0 Å². The molecule has 2 aromatic rings. The number of rotatable bonds is 2. The summed E-state index contributed by atoms with van der Waals surface area (Å²) >= 11 is 0. The maximum Gasteiger partial charge on any atom is 0.181 e. The van der Waals surface area contributed by atoms with Crippen molar-refractivity contribution in [1.29, 1.82) is 0 Å². The van der Waals surface area contributed by atoms with Crippen LogP contribution < -0.4 is 0 Å². The first-order chi connectivity index (χ1) is 7.69. The van der Waals surface area contributed by atoms with Gasteiger partial charge in [-0.3, -0.25) is 0 Å². The molecule has 0 spiro atoms. The number of aromatic nitrogens is 4. The summed E-state index contributed by atoms with van der Waals surface area (Å²) in [5.41, 5.74) is 1.36. The van der Waals surface area contributed by atoms with Crippen molar-refractivity contribution in [3.8, 4) is 11.4 Å². The molecule has 1 aromatic carbocycles. The second-order valence-electron chi connectivity index (χ2n) is 4.24. The van der Waals surface area contributed by atoms with Gasteiger partial charge in [0.25, 0.3) is 0 Å². The molecule has 0 aliphatic heterocycles. The Labute approximate surface area is 92.7 Å². The highest BCUT2D eigenvalue weighted by atomic mass is 16.3. The molecule has 0 amide bonds. The third kappa shape index (κ3) is 1.40. The Morgan fingerprint density at radius 2 is 1.94 bits per heavy atom. The molecule has 3 rings (SSSR count). The molecular weight excluding hydrogens is 204 g/mol. The third-order valence-corrected chi connectivity index (χ3v) is 3.02. The third-order valence-electron chi connectivity index (χ3n) is 3.02. The van der Waals surface area contributed by atoms with Crippen molar-refractivity contribution in [3.63, 3.8) is 0 Å². The minimum atomic E-state index is -0.573. The van der Waals surface area contributed by atoms with E-state index < -0.39 is 5.60 Å². The molecule has 0 saturated heterocycles. The predicted octanol–water partition coefficient (Wildman–Crippen LogP) is 0.858. The maximum absolute atomic E-state index is 9.93. The predicted molar refractivity (Wildman–Crippen MR) is 57.4 cm³/mol. The molecule has 5 heteroatoms. The molecule has 82 valence electrons. The number of hydrogen-bond acceptors (Lipinski definition) is 4. The zero-order valence-electron chi connectivity index (χ0n) is 8.96. The topological polar surface area (TPSA) is 63.8 Å². The molecular formula is C11H12N4O. The fourth-order valence-electron chi connectivity index (χ4n) is 1.81. The van der Waals surface area contributed by atoms with Crippen molar-refractivity contribution in [2.24, 2.45) is 7.05 Å². The molecule has 1 aliphatic rings. The summed E-state index contributed by atoms with van der Waals surface area (Å²) in [6.45, 7) is 0. The second kappa shape index (κ2) is 3.12. The van der Waals surface area contributed by atoms with Gasteiger partial charge in [0.2, 0.25) is 0 Å². The second-order valence-corrected chi connectivity index (χ2v) is 4.24. The summed E-state index contributed by atoms with van der Waals surface area (Å²) < 4.78 is 1.63. The minimum absolute atomic E-state index is 0.573. The quantitative estimate of drug-likeness (QED) is 0.808. The van der Waals surface area contributed by atoms with Crippen LogP contribution in [0.2, 0.25) is 0 Å². The van der Waals surface area contributed by atoms with Crippen molar-refractivity contribution in [3.05, 3.63) is 29.8 Å². The van der Waals surface area contributed by atoms with E-state index in [-0.39, 0.29) is 0 Å². The van der Waals surface area contributed by atoms with Crippen molar-refractivity contribution in [2.75, 3.05) is 0 Å². The molecule has 0 bridgehead atoms. The molecule has 5 nitrogen and oxygen atoms in total. The van der Waals surface area contributed by atoms with Crippen LogP contribution in [-0.2, 0) is 12.6 Å². The Morgan fingerprint density at radius 1 is 1.25 bits per heavy atom. The number of aliphatic hydroxyl groups is 1. The highest BCUT2D eigenvalue weighted by Crippen LogP contribution is 2.45. The van der Waals surface area contributed by atoms with Crippen molar-refractivity contribution in [2.45, 2.75) is 18.4 Å². The summed E-state index contributed by atoms with van der Waals surface area (Å²) in [6.07, 6.45) is 1.72. The average molecular weight is 216 g/mol. The molecule has 0 unspecified atom stereocenters. The smallest absolute Gasteiger partial charge is 0.181 e. The normalized spacial score (nSPS) is 17.4. The monoisotopic (exact) mass is 216 g/mol. The van der Waals surface area contributed by atoms with Gasteiger partial charge in [-0.25, -0.2) is 4.68 Å². The summed E-state index contributed by atoms with van der Waals surface area (Å²) in [7, 11) is 1.80. The zero-order valence-corrected chi connectivity index (χ0v) is 8.96. The number of tetrazole rings is 1. The number of benzene rings is 1. The molecule has 0 radical (unpaired) electrons. The van der Waals surface area contributed by atoms with Crippen LogP contribution in [0.4, 0.5) is 0 Å². The van der Waals surface area contributed by atoms with E-state index in [9.17, 15) is 5.11 Å². The lowest BCUT2D eigenvalue weighted by Crippen LogP contribution is -2.03. The number of hydrogen-bond donors (Lipinski definition) is 1. The standard InChI is InChI=1S/C11H12N4O/c1-15-10(12-13-14-15)8-2-4-9(5-3-8)11(16)6-7-11/h2-5,16H,6-7H2,1H3. The van der Waals surface area contributed by atoms with Crippen molar-refractivity contribution >= 4 is 0 Å². The molecule has 1 fully saturated rings. The minimum Gasteiger partial charge on any atom is -0.385 e. The van der Waals surface area contributed by atoms with Gasteiger partial charge in [0, 0.05) is 12.6 Å².